The molecule has 0 bridgehead atoms. The number of hydrazone groups is 1. The van der Waals surface area contributed by atoms with Crippen LogP contribution in [0.5, 0.6) is 5.75 Å². The van der Waals surface area contributed by atoms with E-state index in [4.69, 9.17) is 4.18 Å². The number of carbonyl (C=O) groups excluding carboxylic acids is 1. The van der Waals surface area contributed by atoms with Crippen LogP contribution in [0, 0.1) is 13.8 Å². The number of nitrogens with one attached hydrogen (secondary N) is 1. The van der Waals surface area contributed by atoms with Gasteiger partial charge >= 0.3 is 10.1 Å². The van der Waals surface area contributed by atoms with Gasteiger partial charge in [0.1, 0.15) is 10.6 Å². The van der Waals surface area contributed by atoms with Gasteiger partial charge in [0.05, 0.1) is 12.6 Å². The van der Waals surface area contributed by atoms with Gasteiger partial charge in [-0.3, -0.25) is 4.79 Å². The van der Waals surface area contributed by atoms with Crippen LogP contribution >= 0.6 is 0 Å². The average Bonchev–Trinajstić information content (AvgIpc) is 2.71. The molecule has 0 fully saturated rings. The molecule has 0 heterocycles. The minimum absolute atomic E-state index is 0.0926. The van der Waals surface area contributed by atoms with Gasteiger partial charge in [-0.2, -0.15) is 13.5 Å². The molecule has 6 nitrogen and oxygen atoms in total. The van der Waals surface area contributed by atoms with Gasteiger partial charge in [-0.05, 0) is 61.4 Å². The second-order valence-electron chi connectivity index (χ2n) is 6.88. The fourth-order valence-corrected chi connectivity index (χ4v) is 3.53. The van der Waals surface area contributed by atoms with Crippen molar-refractivity contribution < 1.29 is 17.4 Å². The maximum Gasteiger partial charge on any atom is 0.339 e. The molecule has 0 aliphatic carbocycles. The van der Waals surface area contributed by atoms with Gasteiger partial charge in [0.15, 0.2) is 0 Å². The van der Waals surface area contributed by atoms with Crippen LogP contribution in [0.1, 0.15) is 22.3 Å². The zero-order valence-corrected chi connectivity index (χ0v) is 17.5. The molecular formula is C23H22N2O4S. The lowest BCUT2D eigenvalue weighted by molar-refractivity contribution is -0.120. The number of aryl methyl sites for hydroxylation is 2. The van der Waals surface area contributed by atoms with Crippen molar-refractivity contribution in [2.45, 2.75) is 25.2 Å². The van der Waals surface area contributed by atoms with Crippen LogP contribution in [-0.2, 0) is 21.3 Å². The maximum atomic E-state index is 12.3. The van der Waals surface area contributed by atoms with Gasteiger partial charge < -0.3 is 4.18 Å². The highest BCUT2D eigenvalue weighted by atomic mass is 32.2. The Morgan fingerprint density at radius 3 is 2.07 bits per heavy atom. The summed E-state index contributed by atoms with van der Waals surface area (Å²) in [6.45, 7) is 3.87. The first kappa shape index (κ1) is 21.3. The lowest BCUT2D eigenvalue weighted by Crippen LogP contribution is -2.19. The molecule has 7 heteroatoms. The third-order valence-corrected chi connectivity index (χ3v) is 5.55. The van der Waals surface area contributed by atoms with Crippen molar-refractivity contribution in [3.63, 3.8) is 0 Å². The Morgan fingerprint density at radius 2 is 1.47 bits per heavy atom. The summed E-state index contributed by atoms with van der Waals surface area (Å²) >= 11 is 0. The van der Waals surface area contributed by atoms with E-state index in [-0.39, 0.29) is 23.0 Å². The number of benzene rings is 3. The van der Waals surface area contributed by atoms with Crippen molar-refractivity contribution in [1.82, 2.24) is 5.43 Å². The summed E-state index contributed by atoms with van der Waals surface area (Å²) in [6.07, 6.45) is 1.71. The summed E-state index contributed by atoms with van der Waals surface area (Å²) in [6, 6.07) is 20.5. The third-order valence-electron chi connectivity index (χ3n) is 4.28. The number of nitrogens with zero attached hydrogens (tertiary/aromatic N) is 1. The molecule has 0 spiro atoms. The first-order valence-corrected chi connectivity index (χ1v) is 10.7. The highest BCUT2D eigenvalue weighted by Gasteiger charge is 2.16. The lowest BCUT2D eigenvalue weighted by atomic mass is 10.1. The van der Waals surface area contributed by atoms with Crippen molar-refractivity contribution >= 4 is 22.2 Å². The standard InChI is InChI=1S/C23H22N2O4S/c1-17-3-7-19(8-4-17)15-23(26)25-24-16-20-9-11-21(12-10-20)29-30(27,28)22-13-5-18(2)6-14-22/h3-14,16H,15H2,1-2H3,(H,25,26)/b24-16+. The first-order chi connectivity index (χ1) is 14.3. The van der Waals surface area contributed by atoms with Crippen LogP contribution in [0.15, 0.2) is 82.8 Å². The fourth-order valence-electron chi connectivity index (χ4n) is 2.60. The second kappa shape index (κ2) is 9.37. The van der Waals surface area contributed by atoms with Crippen LogP contribution in [-0.4, -0.2) is 20.5 Å². The molecule has 0 saturated heterocycles. The molecule has 0 aliphatic rings. The van der Waals surface area contributed by atoms with Gasteiger partial charge in [0.2, 0.25) is 5.91 Å². The van der Waals surface area contributed by atoms with E-state index in [0.717, 1.165) is 16.7 Å². The lowest BCUT2D eigenvalue weighted by Gasteiger charge is -2.07. The predicted molar refractivity (Wildman–Crippen MR) is 116 cm³/mol. The summed E-state index contributed by atoms with van der Waals surface area (Å²) in [5.74, 6) is -0.0321. The topological polar surface area (TPSA) is 84.8 Å². The van der Waals surface area contributed by atoms with Crippen LogP contribution in [0.2, 0.25) is 0 Å². The van der Waals surface area contributed by atoms with Crippen molar-refractivity contribution in [3.05, 3.63) is 95.1 Å². The van der Waals surface area contributed by atoms with Crippen molar-refractivity contribution in [2.24, 2.45) is 5.10 Å². The SMILES string of the molecule is Cc1ccc(CC(=O)N/N=C/c2ccc(OS(=O)(=O)c3ccc(C)cc3)cc2)cc1. The van der Waals surface area contributed by atoms with Crippen molar-refractivity contribution in [3.8, 4) is 5.75 Å². The van der Waals surface area contributed by atoms with Crippen molar-refractivity contribution in [1.29, 1.82) is 0 Å². The third kappa shape index (κ3) is 6.02. The van der Waals surface area contributed by atoms with E-state index in [0.29, 0.717) is 5.56 Å². The normalized spacial score (nSPS) is 11.4. The van der Waals surface area contributed by atoms with Crippen LogP contribution in [0.4, 0.5) is 0 Å². The molecule has 0 aromatic heterocycles. The van der Waals surface area contributed by atoms with Crippen LogP contribution in [0.25, 0.3) is 0 Å². The van der Waals surface area contributed by atoms with Crippen molar-refractivity contribution in [2.75, 3.05) is 0 Å². The Morgan fingerprint density at radius 1 is 0.900 bits per heavy atom. The van der Waals surface area contributed by atoms with Gasteiger partial charge in [0.25, 0.3) is 0 Å². The molecular weight excluding hydrogens is 400 g/mol. The maximum absolute atomic E-state index is 12.3. The van der Waals surface area contributed by atoms with E-state index in [1.54, 1.807) is 24.3 Å². The highest BCUT2D eigenvalue weighted by Crippen LogP contribution is 2.19. The predicted octanol–water partition coefficient (Wildman–Crippen LogP) is 3.76. The number of rotatable bonds is 7. The van der Waals surface area contributed by atoms with E-state index in [1.165, 1.54) is 30.5 Å². The van der Waals surface area contributed by atoms with E-state index in [9.17, 15) is 13.2 Å². The Kier molecular flexibility index (Phi) is 6.64. The van der Waals surface area contributed by atoms with Gasteiger partial charge in [-0.25, -0.2) is 5.43 Å². The fraction of sp³-hybridized carbons (Fsp3) is 0.130. The minimum Gasteiger partial charge on any atom is -0.379 e. The monoisotopic (exact) mass is 422 g/mol. The molecule has 154 valence electrons. The molecule has 0 atom stereocenters. The molecule has 0 unspecified atom stereocenters. The highest BCUT2D eigenvalue weighted by molar-refractivity contribution is 7.87. The molecule has 0 radical (unpaired) electrons. The average molecular weight is 423 g/mol. The first-order valence-electron chi connectivity index (χ1n) is 9.30. The Hall–Kier alpha value is -3.45. The second-order valence-corrected chi connectivity index (χ2v) is 8.42. The molecule has 0 aliphatic heterocycles. The largest absolute Gasteiger partial charge is 0.379 e. The number of carbonyl (C=O) groups is 1. The number of amides is 1. The summed E-state index contributed by atoms with van der Waals surface area (Å²) in [4.78, 5) is 12.0. The van der Waals surface area contributed by atoms with Gasteiger partial charge in [-0.1, -0.05) is 47.5 Å². The quantitative estimate of drug-likeness (QED) is 0.357. The molecule has 0 saturated carbocycles. The summed E-state index contributed by atoms with van der Waals surface area (Å²) in [5.41, 5.74) is 6.17. The van der Waals surface area contributed by atoms with Gasteiger partial charge in [0, 0.05) is 0 Å². The Labute approximate surface area is 176 Å². The van der Waals surface area contributed by atoms with Crippen LogP contribution < -0.4 is 9.61 Å². The van der Waals surface area contributed by atoms with Gasteiger partial charge in [-0.15, -0.1) is 0 Å². The molecule has 1 N–H and O–H groups in total. The van der Waals surface area contributed by atoms with E-state index in [2.05, 4.69) is 10.5 Å². The smallest absolute Gasteiger partial charge is 0.339 e. The molecule has 3 aromatic rings. The molecule has 30 heavy (non-hydrogen) atoms. The summed E-state index contributed by atoms with van der Waals surface area (Å²) in [7, 11) is -3.89. The molecule has 1 amide bonds. The number of hydrogen-bond acceptors (Lipinski definition) is 5. The van der Waals surface area contributed by atoms with Crippen LogP contribution in [0.3, 0.4) is 0 Å². The Bertz CT molecular complexity index is 1140. The summed E-state index contributed by atoms with van der Waals surface area (Å²) < 4.78 is 29.8. The van der Waals surface area contributed by atoms with E-state index >= 15 is 0 Å². The zero-order valence-electron chi connectivity index (χ0n) is 16.7. The summed E-state index contributed by atoms with van der Waals surface area (Å²) in [5, 5.41) is 3.93. The zero-order chi connectivity index (χ0) is 21.6. The van der Waals surface area contributed by atoms with E-state index in [1.807, 2.05) is 38.1 Å². The molecule has 3 rings (SSSR count). The number of hydrogen-bond donors (Lipinski definition) is 1. The Balaban J connectivity index is 1.55. The molecule has 3 aromatic carbocycles. The van der Waals surface area contributed by atoms with E-state index < -0.39 is 10.1 Å². The minimum atomic E-state index is -3.89.